The number of phenolic OH excluding ortho intramolecular Hbond substituents is 1. The van der Waals surface area contributed by atoms with Gasteiger partial charge in [-0.05, 0) is 25.0 Å². The molecule has 1 atom stereocenters. The Labute approximate surface area is 160 Å². The molecule has 0 amide bonds. The third-order valence-electron chi connectivity index (χ3n) is 2.22. The Kier molecular flexibility index (Phi) is 12.4. The summed E-state index contributed by atoms with van der Waals surface area (Å²) in [6, 6.07) is 4.96. The molecule has 1 rings (SSSR count). The van der Waals surface area contributed by atoms with Crippen molar-refractivity contribution in [1.29, 1.82) is 0 Å². The number of hydrogen-bond donors (Lipinski definition) is 1. The second-order valence-corrected chi connectivity index (χ2v) is 3.58. The normalized spacial score (nSPS) is 11.2. The third-order valence-corrected chi connectivity index (χ3v) is 2.22. The third kappa shape index (κ3) is 8.04. The number of carbonyl (C=O) groups excluding carboxylic acids is 2. The topological polar surface area (TPSA) is 113 Å². The molecule has 20 heavy (non-hydrogen) atoms. The number of carboxylic acid groups (broad SMARTS) is 2. The fourth-order valence-corrected chi connectivity index (χ4v) is 1.27. The second kappa shape index (κ2) is 11.3. The van der Waals surface area contributed by atoms with Crippen molar-refractivity contribution in [3.05, 3.63) is 29.8 Å². The standard InChI is InChI=1S/C12H13NO5.2Na/c14-10-4-2-1-3-8(10)7-13-9(12(17)18)5-6-11(15)16;;/h1-4,7,9,14H,5-6H2,(H,15,16)(H,17,18);;/q;2*+1/p-2. The summed E-state index contributed by atoms with van der Waals surface area (Å²) in [5.41, 5.74) is 0.345. The molecule has 6 nitrogen and oxygen atoms in total. The average Bonchev–Trinajstić information content (AvgIpc) is 2.30. The molecule has 0 aliphatic heterocycles. The van der Waals surface area contributed by atoms with Crippen molar-refractivity contribution in [1.82, 2.24) is 0 Å². The second-order valence-electron chi connectivity index (χ2n) is 3.58. The molecule has 0 radical (unpaired) electrons. The number of phenols is 1. The zero-order chi connectivity index (χ0) is 13.5. The van der Waals surface area contributed by atoms with E-state index in [1.807, 2.05) is 0 Å². The fourth-order valence-electron chi connectivity index (χ4n) is 1.27. The molecule has 8 heteroatoms. The van der Waals surface area contributed by atoms with Crippen molar-refractivity contribution < 1.29 is 84.0 Å². The maximum atomic E-state index is 10.7. The largest absolute Gasteiger partial charge is 1.00 e. The van der Waals surface area contributed by atoms with E-state index >= 15 is 0 Å². The van der Waals surface area contributed by atoms with Gasteiger partial charge in [-0.1, -0.05) is 12.1 Å². The van der Waals surface area contributed by atoms with Crippen LogP contribution < -0.4 is 69.3 Å². The van der Waals surface area contributed by atoms with Gasteiger partial charge in [-0.2, -0.15) is 0 Å². The molecule has 0 fully saturated rings. The van der Waals surface area contributed by atoms with Crippen LogP contribution >= 0.6 is 0 Å². The predicted molar refractivity (Wildman–Crippen MR) is 58.7 cm³/mol. The van der Waals surface area contributed by atoms with Crippen LogP contribution in [-0.2, 0) is 9.59 Å². The molecule has 0 bridgehead atoms. The Morgan fingerprint density at radius 3 is 2.35 bits per heavy atom. The number of rotatable bonds is 6. The number of nitrogens with zero attached hydrogens (tertiary/aromatic N) is 1. The SMILES string of the molecule is O=C([O-])CCC(N=Cc1ccccc1O)C(=O)[O-].[Na+].[Na+]. The molecular weight excluding hydrogens is 284 g/mol. The van der Waals surface area contributed by atoms with Crippen LogP contribution in [0.2, 0.25) is 0 Å². The monoisotopic (exact) mass is 295 g/mol. The van der Waals surface area contributed by atoms with Crippen molar-refractivity contribution in [3.63, 3.8) is 0 Å². The van der Waals surface area contributed by atoms with Crippen molar-refractivity contribution in [2.45, 2.75) is 18.9 Å². The number of aromatic hydroxyl groups is 1. The zero-order valence-electron chi connectivity index (χ0n) is 11.4. The van der Waals surface area contributed by atoms with E-state index in [9.17, 15) is 24.9 Å². The van der Waals surface area contributed by atoms with Gasteiger partial charge in [0.25, 0.3) is 0 Å². The van der Waals surface area contributed by atoms with Crippen LogP contribution in [-0.4, -0.2) is 29.3 Å². The van der Waals surface area contributed by atoms with Crippen molar-refractivity contribution >= 4 is 18.2 Å². The summed E-state index contributed by atoms with van der Waals surface area (Å²) in [6.45, 7) is 0. The summed E-state index contributed by atoms with van der Waals surface area (Å²) in [6.07, 6.45) is 0.538. The molecule has 0 aromatic heterocycles. The Balaban J connectivity index is 0. The summed E-state index contributed by atoms with van der Waals surface area (Å²) < 4.78 is 0. The number of para-hydroxylation sites is 1. The summed E-state index contributed by atoms with van der Waals surface area (Å²) in [5.74, 6) is -2.86. The van der Waals surface area contributed by atoms with Crippen LogP contribution in [0, 0.1) is 0 Å². The molecule has 0 aliphatic rings. The van der Waals surface area contributed by atoms with Gasteiger partial charge in [0, 0.05) is 17.7 Å². The first kappa shape index (κ1) is 21.9. The molecule has 1 unspecified atom stereocenters. The van der Waals surface area contributed by atoms with Crippen LogP contribution in [0.3, 0.4) is 0 Å². The van der Waals surface area contributed by atoms with Gasteiger partial charge in [-0.25, -0.2) is 0 Å². The van der Waals surface area contributed by atoms with Gasteiger partial charge in [-0.3, -0.25) is 4.99 Å². The Morgan fingerprint density at radius 1 is 1.25 bits per heavy atom. The number of aliphatic imine (C=N–C) groups is 1. The van der Waals surface area contributed by atoms with E-state index in [0.29, 0.717) is 5.56 Å². The molecule has 0 saturated heterocycles. The minimum Gasteiger partial charge on any atom is -0.550 e. The first-order chi connectivity index (χ1) is 8.50. The Morgan fingerprint density at radius 2 is 1.85 bits per heavy atom. The van der Waals surface area contributed by atoms with Crippen LogP contribution in [0.25, 0.3) is 0 Å². The first-order valence-corrected chi connectivity index (χ1v) is 5.22. The fraction of sp³-hybridized carbons (Fsp3) is 0.250. The van der Waals surface area contributed by atoms with E-state index in [2.05, 4.69) is 4.99 Å². The van der Waals surface area contributed by atoms with Crippen LogP contribution in [0.5, 0.6) is 5.75 Å². The minimum absolute atomic E-state index is 0. The van der Waals surface area contributed by atoms with Crippen LogP contribution in [0.4, 0.5) is 0 Å². The molecule has 0 spiro atoms. The van der Waals surface area contributed by atoms with E-state index in [1.165, 1.54) is 12.3 Å². The molecule has 96 valence electrons. The van der Waals surface area contributed by atoms with Crippen molar-refractivity contribution in [2.24, 2.45) is 4.99 Å². The van der Waals surface area contributed by atoms with Gasteiger partial charge in [-0.15, -0.1) is 0 Å². The maximum Gasteiger partial charge on any atom is 1.00 e. The van der Waals surface area contributed by atoms with E-state index in [-0.39, 0.29) is 71.3 Å². The quantitative estimate of drug-likeness (QED) is 0.414. The number of aliphatic carboxylic acids is 2. The summed E-state index contributed by atoms with van der Waals surface area (Å²) >= 11 is 0. The maximum absolute atomic E-state index is 10.7. The van der Waals surface area contributed by atoms with E-state index in [0.717, 1.165) is 0 Å². The molecule has 1 aromatic rings. The molecule has 0 heterocycles. The van der Waals surface area contributed by atoms with Gasteiger partial charge in [0.1, 0.15) is 5.75 Å². The molecular formula is C12H11NNa2O5. The van der Waals surface area contributed by atoms with Gasteiger partial charge < -0.3 is 24.9 Å². The Hall–Kier alpha value is -0.370. The summed E-state index contributed by atoms with van der Waals surface area (Å²) in [5, 5.41) is 30.4. The van der Waals surface area contributed by atoms with Crippen molar-refractivity contribution in [3.8, 4) is 5.75 Å². The zero-order valence-corrected chi connectivity index (χ0v) is 15.4. The van der Waals surface area contributed by atoms with Crippen LogP contribution in [0.1, 0.15) is 18.4 Å². The summed E-state index contributed by atoms with van der Waals surface area (Å²) in [4.78, 5) is 24.6. The average molecular weight is 295 g/mol. The minimum atomic E-state index is -1.47. The first-order valence-electron chi connectivity index (χ1n) is 5.22. The predicted octanol–water partition coefficient (Wildman–Crippen LogP) is -7.53. The van der Waals surface area contributed by atoms with Gasteiger partial charge >= 0.3 is 59.1 Å². The van der Waals surface area contributed by atoms with E-state index in [1.54, 1.807) is 18.2 Å². The molecule has 0 aliphatic carbocycles. The molecule has 0 saturated carbocycles. The smallest absolute Gasteiger partial charge is 0.550 e. The number of carboxylic acids is 2. The van der Waals surface area contributed by atoms with Gasteiger partial charge in [0.05, 0.1) is 12.0 Å². The number of benzene rings is 1. The molecule has 1 N–H and O–H groups in total. The summed E-state index contributed by atoms with van der Waals surface area (Å²) in [7, 11) is 0. The number of hydrogen-bond acceptors (Lipinski definition) is 6. The Bertz CT molecular complexity index is 479. The molecule has 1 aromatic carbocycles. The van der Waals surface area contributed by atoms with E-state index < -0.39 is 24.4 Å². The van der Waals surface area contributed by atoms with Gasteiger partial charge in [0.15, 0.2) is 0 Å². The number of carbonyl (C=O) groups is 2. The van der Waals surface area contributed by atoms with Crippen molar-refractivity contribution in [2.75, 3.05) is 0 Å². The van der Waals surface area contributed by atoms with Crippen LogP contribution in [0.15, 0.2) is 29.3 Å². The van der Waals surface area contributed by atoms with Gasteiger partial charge in [0.2, 0.25) is 0 Å². The van der Waals surface area contributed by atoms with E-state index in [4.69, 9.17) is 0 Å².